The fourth-order valence-electron chi connectivity index (χ4n) is 4.18. The number of hydrogen-bond acceptors (Lipinski definition) is 6. The van der Waals surface area contributed by atoms with E-state index in [1.54, 1.807) is 11.3 Å². The average Bonchev–Trinajstić information content (AvgIpc) is 3.16. The van der Waals surface area contributed by atoms with Crippen LogP contribution in [0.2, 0.25) is 0 Å². The number of piperidine rings is 1. The number of benzene rings is 1. The lowest BCUT2D eigenvalue weighted by Gasteiger charge is -2.30. The van der Waals surface area contributed by atoms with Gasteiger partial charge in [0.25, 0.3) is 0 Å². The summed E-state index contributed by atoms with van der Waals surface area (Å²) in [5.41, 5.74) is 11.0. The molecule has 4 rings (SSSR count). The Morgan fingerprint density at radius 3 is 2.81 bits per heavy atom. The van der Waals surface area contributed by atoms with Crippen molar-refractivity contribution in [1.29, 1.82) is 0 Å². The number of nitrogens with zero attached hydrogens (tertiary/aromatic N) is 1. The first-order chi connectivity index (χ1) is 15.0. The molecule has 0 bridgehead atoms. The van der Waals surface area contributed by atoms with Gasteiger partial charge in [-0.1, -0.05) is 11.6 Å². The van der Waals surface area contributed by atoms with Crippen molar-refractivity contribution < 1.29 is 19.1 Å². The number of nitrogens with two attached hydrogens (primary N) is 1. The fraction of sp³-hybridized carbons (Fsp3) is 0.391. The number of primary amides is 1. The molecule has 7 nitrogen and oxygen atoms in total. The lowest BCUT2D eigenvalue weighted by Crippen LogP contribution is -2.39. The van der Waals surface area contributed by atoms with Gasteiger partial charge in [-0.05, 0) is 42.0 Å². The predicted molar refractivity (Wildman–Crippen MR) is 120 cm³/mol. The molecule has 3 N–H and O–H groups in total. The molecule has 164 valence electrons. The number of rotatable bonds is 5. The van der Waals surface area contributed by atoms with E-state index in [0.29, 0.717) is 13.2 Å². The van der Waals surface area contributed by atoms with Gasteiger partial charge in [0.15, 0.2) is 0 Å². The minimum atomic E-state index is -0.483. The van der Waals surface area contributed by atoms with Crippen molar-refractivity contribution in [2.75, 3.05) is 33.3 Å². The number of carbonyl (C=O) groups is 2. The van der Waals surface area contributed by atoms with Gasteiger partial charge in [-0.25, -0.2) is 4.79 Å². The summed E-state index contributed by atoms with van der Waals surface area (Å²) >= 11 is 1.74. The minimum Gasteiger partial charge on any atom is -0.488 e. The highest BCUT2D eigenvalue weighted by atomic mass is 32.1. The van der Waals surface area contributed by atoms with Gasteiger partial charge in [-0.2, -0.15) is 0 Å². The highest BCUT2D eigenvalue weighted by Crippen LogP contribution is 2.43. The number of fused-ring (bicyclic) bond motifs is 2. The molecule has 2 aliphatic rings. The van der Waals surface area contributed by atoms with Gasteiger partial charge in [0, 0.05) is 47.8 Å². The SMILES string of the molecule is COC(=O)Cc1ccc2c(c1)C(=C1CCN(CCNC(N)=O)CC1)c1sccc1CO2. The van der Waals surface area contributed by atoms with Crippen LogP contribution < -0.4 is 15.8 Å². The van der Waals surface area contributed by atoms with E-state index < -0.39 is 6.03 Å². The van der Waals surface area contributed by atoms with E-state index in [9.17, 15) is 9.59 Å². The summed E-state index contributed by atoms with van der Waals surface area (Å²) in [6.07, 6.45) is 2.14. The minimum absolute atomic E-state index is 0.240. The normalized spacial score (nSPS) is 16.0. The number of methoxy groups -OCH3 is 1. The highest BCUT2D eigenvalue weighted by Gasteiger charge is 2.26. The van der Waals surface area contributed by atoms with Crippen LogP contribution in [0.5, 0.6) is 5.75 Å². The topological polar surface area (TPSA) is 93.9 Å². The van der Waals surface area contributed by atoms with Crippen molar-refractivity contribution in [3.8, 4) is 5.75 Å². The van der Waals surface area contributed by atoms with E-state index in [-0.39, 0.29) is 12.4 Å². The quantitative estimate of drug-likeness (QED) is 0.696. The van der Waals surface area contributed by atoms with Gasteiger partial charge < -0.3 is 25.4 Å². The van der Waals surface area contributed by atoms with Crippen molar-refractivity contribution in [1.82, 2.24) is 10.2 Å². The number of carbonyl (C=O) groups excluding carboxylic acids is 2. The zero-order valence-electron chi connectivity index (χ0n) is 17.6. The summed E-state index contributed by atoms with van der Waals surface area (Å²) in [6.45, 7) is 3.75. The summed E-state index contributed by atoms with van der Waals surface area (Å²) in [7, 11) is 1.41. The maximum atomic E-state index is 11.8. The Morgan fingerprint density at radius 1 is 1.26 bits per heavy atom. The second-order valence-corrected chi connectivity index (χ2v) is 8.67. The van der Waals surface area contributed by atoms with Crippen molar-refractivity contribution >= 4 is 28.9 Å². The van der Waals surface area contributed by atoms with Crippen molar-refractivity contribution in [2.45, 2.75) is 25.9 Å². The van der Waals surface area contributed by atoms with Crippen LogP contribution in [0.25, 0.3) is 5.57 Å². The Labute approximate surface area is 185 Å². The molecule has 0 radical (unpaired) electrons. The van der Waals surface area contributed by atoms with E-state index in [4.69, 9.17) is 15.2 Å². The lowest BCUT2D eigenvalue weighted by molar-refractivity contribution is -0.139. The molecule has 1 aromatic carbocycles. The molecule has 0 unspecified atom stereocenters. The second kappa shape index (κ2) is 9.53. The van der Waals surface area contributed by atoms with Crippen LogP contribution >= 0.6 is 11.3 Å². The van der Waals surface area contributed by atoms with Gasteiger partial charge in [0.2, 0.25) is 0 Å². The van der Waals surface area contributed by atoms with E-state index >= 15 is 0 Å². The van der Waals surface area contributed by atoms with Crippen LogP contribution in [0.15, 0.2) is 35.2 Å². The first-order valence-corrected chi connectivity index (χ1v) is 11.3. The van der Waals surface area contributed by atoms with Gasteiger partial charge in [0.1, 0.15) is 12.4 Å². The Bertz CT molecular complexity index is 1000. The summed E-state index contributed by atoms with van der Waals surface area (Å²) in [6, 6.07) is 7.63. The first-order valence-electron chi connectivity index (χ1n) is 10.4. The lowest BCUT2D eigenvalue weighted by atomic mass is 9.89. The van der Waals surface area contributed by atoms with Crippen molar-refractivity contribution in [3.63, 3.8) is 0 Å². The molecule has 0 atom stereocenters. The fourth-order valence-corrected chi connectivity index (χ4v) is 5.20. The number of amides is 2. The first kappa shape index (κ1) is 21.4. The van der Waals surface area contributed by atoms with Gasteiger partial charge in [-0.15, -0.1) is 11.3 Å². The van der Waals surface area contributed by atoms with Gasteiger partial charge in [0.05, 0.1) is 13.5 Å². The molecular weight excluding hydrogens is 414 g/mol. The number of urea groups is 1. The number of likely N-dealkylation sites (tertiary alicyclic amines) is 1. The summed E-state index contributed by atoms with van der Waals surface area (Å²) in [4.78, 5) is 26.3. The smallest absolute Gasteiger partial charge is 0.312 e. The van der Waals surface area contributed by atoms with Crippen molar-refractivity contribution in [3.05, 3.63) is 56.8 Å². The molecule has 1 saturated heterocycles. The number of nitrogens with one attached hydrogen (secondary N) is 1. The van der Waals surface area contributed by atoms with E-state index in [1.165, 1.54) is 28.7 Å². The molecule has 0 aliphatic carbocycles. The van der Waals surface area contributed by atoms with Crippen LogP contribution in [0, 0.1) is 0 Å². The maximum Gasteiger partial charge on any atom is 0.312 e. The molecule has 3 heterocycles. The van der Waals surface area contributed by atoms with Crippen LogP contribution in [0.4, 0.5) is 4.79 Å². The monoisotopic (exact) mass is 441 g/mol. The molecule has 2 aromatic rings. The Balaban J connectivity index is 1.64. The van der Waals surface area contributed by atoms with Gasteiger partial charge in [-0.3, -0.25) is 4.79 Å². The molecule has 31 heavy (non-hydrogen) atoms. The third-order valence-corrected chi connectivity index (χ3v) is 6.76. The van der Waals surface area contributed by atoms with Crippen LogP contribution in [-0.2, 0) is 22.6 Å². The maximum absolute atomic E-state index is 11.8. The molecule has 8 heteroatoms. The van der Waals surface area contributed by atoms with Crippen LogP contribution in [0.3, 0.4) is 0 Å². The average molecular weight is 442 g/mol. The van der Waals surface area contributed by atoms with E-state index in [1.807, 2.05) is 12.1 Å². The molecular formula is C23H27N3O4S. The third kappa shape index (κ3) is 4.91. The number of esters is 1. The Morgan fingerprint density at radius 2 is 2.06 bits per heavy atom. The number of thiophene rings is 1. The predicted octanol–water partition coefficient (Wildman–Crippen LogP) is 2.92. The zero-order chi connectivity index (χ0) is 21.8. The highest BCUT2D eigenvalue weighted by molar-refractivity contribution is 7.11. The van der Waals surface area contributed by atoms with Crippen LogP contribution in [-0.4, -0.2) is 50.2 Å². The number of ether oxygens (including phenoxy) is 2. The molecule has 2 amide bonds. The summed E-state index contributed by atoms with van der Waals surface area (Å²) < 4.78 is 11.0. The second-order valence-electron chi connectivity index (χ2n) is 7.76. The molecule has 1 aromatic heterocycles. The standard InChI is InChI=1S/C23H27N3O4S/c1-29-20(27)13-15-2-3-19-18(12-15)21(22-17(14-30-19)6-11-31-22)16-4-8-26(9-5-16)10-7-25-23(24)28/h2-3,6,11-12H,4-5,7-10,13-14H2,1H3,(H3,24,25,28). The largest absolute Gasteiger partial charge is 0.488 e. The van der Waals surface area contributed by atoms with Gasteiger partial charge >= 0.3 is 12.0 Å². The molecule has 0 spiro atoms. The summed E-state index contributed by atoms with van der Waals surface area (Å²) in [5, 5.41) is 4.77. The van der Waals surface area contributed by atoms with Crippen LogP contribution in [0.1, 0.15) is 34.4 Å². The molecule has 0 saturated carbocycles. The molecule has 2 aliphatic heterocycles. The third-order valence-electron chi connectivity index (χ3n) is 5.79. The Kier molecular flexibility index (Phi) is 6.58. The molecule has 1 fully saturated rings. The summed E-state index contributed by atoms with van der Waals surface area (Å²) in [5.74, 6) is 0.603. The van der Waals surface area contributed by atoms with E-state index in [2.05, 4.69) is 27.7 Å². The number of hydrogen-bond donors (Lipinski definition) is 2. The van der Waals surface area contributed by atoms with E-state index in [0.717, 1.165) is 49.4 Å². The zero-order valence-corrected chi connectivity index (χ0v) is 18.4. The van der Waals surface area contributed by atoms with Crippen molar-refractivity contribution in [2.24, 2.45) is 5.73 Å². The Hall–Kier alpha value is -2.84.